The lowest BCUT2D eigenvalue weighted by Crippen LogP contribution is -2.47. The molecule has 7 heteroatoms. The summed E-state index contributed by atoms with van der Waals surface area (Å²) in [6.07, 6.45) is 2.90. The molecule has 3 rings (SSSR count). The van der Waals surface area contributed by atoms with Crippen LogP contribution in [-0.2, 0) is 16.1 Å². The molecule has 0 aliphatic carbocycles. The Balaban J connectivity index is 1.65. The molecule has 1 aromatic heterocycles. The summed E-state index contributed by atoms with van der Waals surface area (Å²) < 4.78 is 5.09. The SMILES string of the molecule is CC(C)[C@H](NC(=O)c1ccco1)C(=O)Nc1cccc(CN2CCCC2=O)c1. The highest BCUT2D eigenvalue weighted by molar-refractivity contribution is 6.00. The van der Waals surface area contributed by atoms with E-state index in [0.29, 0.717) is 18.7 Å². The number of benzene rings is 1. The van der Waals surface area contributed by atoms with E-state index in [1.54, 1.807) is 18.2 Å². The Kier molecular flexibility index (Phi) is 6.13. The van der Waals surface area contributed by atoms with Crippen LogP contribution in [0.3, 0.4) is 0 Å². The summed E-state index contributed by atoms with van der Waals surface area (Å²) in [7, 11) is 0. The monoisotopic (exact) mass is 383 g/mol. The van der Waals surface area contributed by atoms with E-state index in [4.69, 9.17) is 4.42 Å². The maximum atomic E-state index is 12.7. The van der Waals surface area contributed by atoms with Crippen molar-refractivity contribution in [2.24, 2.45) is 5.92 Å². The highest BCUT2D eigenvalue weighted by Crippen LogP contribution is 2.18. The smallest absolute Gasteiger partial charge is 0.287 e. The predicted octanol–water partition coefficient (Wildman–Crippen LogP) is 2.80. The van der Waals surface area contributed by atoms with Crippen molar-refractivity contribution in [1.29, 1.82) is 0 Å². The van der Waals surface area contributed by atoms with E-state index in [2.05, 4.69) is 10.6 Å². The molecule has 7 nitrogen and oxygen atoms in total. The molecular formula is C21H25N3O4. The van der Waals surface area contributed by atoms with Gasteiger partial charge in [-0.3, -0.25) is 14.4 Å². The average molecular weight is 383 g/mol. The van der Waals surface area contributed by atoms with E-state index in [0.717, 1.165) is 18.5 Å². The second kappa shape index (κ2) is 8.73. The standard InChI is InChI=1S/C21H25N3O4/c1-14(2)19(23-20(26)17-8-5-11-28-17)21(27)22-16-7-3-6-15(12-16)13-24-10-4-9-18(24)25/h3,5-8,11-12,14,19H,4,9-10,13H2,1-2H3,(H,22,27)(H,23,26)/t19-/m0/s1. The Labute approximate surface area is 164 Å². The number of hydrogen-bond donors (Lipinski definition) is 2. The molecule has 1 atom stereocenters. The molecule has 1 aromatic carbocycles. The van der Waals surface area contributed by atoms with Crippen LogP contribution in [0.2, 0.25) is 0 Å². The number of carbonyl (C=O) groups is 3. The third-order valence-corrected chi connectivity index (χ3v) is 4.72. The maximum Gasteiger partial charge on any atom is 0.287 e. The van der Waals surface area contributed by atoms with Crippen molar-refractivity contribution in [2.75, 3.05) is 11.9 Å². The number of nitrogens with one attached hydrogen (secondary N) is 2. The van der Waals surface area contributed by atoms with Crippen molar-refractivity contribution >= 4 is 23.4 Å². The topological polar surface area (TPSA) is 91.7 Å². The van der Waals surface area contributed by atoms with Crippen LogP contribution in [0.5, 0.6) is 0 Å². The second-order valence-electron chi connectivity index (χ2n) is 7.28. The molecular weight excluding hydrogens is 358 g/mol. The summed E-state index contributed by atoms with van der Waals surface area (Å²) in [6, 6.07) is 9.89. The van der Waals surface area contributed by atoms with Crippen LogP contribution < -0.4 is 10.6 Å². The lowest BCUT2D eigenvalue weighted by Gasteiger charge is -2.21. The van der Waals surface area contributed by atoms with Crippen LogP contribution in [0, 0.1) is 5.92 Å². The Hall–Kier alpha value is -3.09. The zero-order valence-electron chi connectivity index (χ0n) is 16.1. The van der Waals surface area contributed by atoms with Crippen LogP contribution in [0.25, 0.3) is 0 Å². The summed E-state index contributed by atoms with van der Waals surface area (Å²) in [5, 5.41) is 5.58. The first-order valence-corrected chi connectivity index (χ1v) is 9.46. The summed E-state index contributed by atoms with van der Waals surface area (Å²) in [6.45, 7) is 5.03. The predicted molar refractivity (Wildman–Crippen MR) is 105 cm³/mol. The average Bonchev–Trinajstić information content (AvgIpc) is 3.32. The first kappa shape index (κ1) is 19.7. The van der Waals surface area contributed by atoms with Gasteiger partial charge in [0.15, 0.2) is 5.76 Å². The van der Waals surface area contributed by atoms with Crippen molar-refractivity contribution in [3.05, 3.63) is 54.0 Å². The molecule has 2 N–H and O–H groups in total. The van der Waals surface area contributed by atoms with Gasteiger partial charge in [0.25, 0.3) is 5.91 Å². The molecule has 3 amide bonds. The quantitative estimate of drug-likeness (QED) is 0.769. The summed E-state index contributed by atoms with van der Waals surface area (Å²) in [4.78, 5) is 38.6. The summed E-state index contributed by atoms with van der Waals surface area (Å²) >= 11 is 0. The van der Waals surface area contributed by atoms with Gasteiger partial charge < -0.3 is 20.0 Å². The number of anilines is 1. The Morgan fingerprint density at radius 3 is 2.68 bits per heavy atom. The van der Waals surface area contributed by atoms with Crippen LogP contribution >= 0.6 is 0 Å². The molecule has 2 heterocycles. The summed E-state index contributed by atoms with van der Waals surface area (Å²) in [5.74, 6) is -0.514. The largest absolute Gasteiger partial charge is 0.459 e. The van der Waals surface area contributed by atoms with Crippen molar-refractivity contribution in [3.8, 4) is 0 Å². The van der Waals surface area contributed by atoms with Gasteiger partial charge in [0, 0.05) is 25.2 Å². The minimum atomic E-state index is -0.707. The van der Waals surface area contributed by atoms with Gasteiger partial charge in [-0.25, -0.2) is 0 Å². The van der Waals surface area contributed by atoms with Crippen molar-refractivity contribution in [2.45, 2.75) is 39.3 Å². The van der Waals surface area contributed by atoms with Crippen LogP contribution in [0.1, 0.15) is 42.8 Å². The number of nitrogens with zero attached hydrogens (tertiary/aromatic N) is 1. The molecule has 1 fully saturated rings. The number of rotatable bonds is 7. The molecule has 1 saturated heterocycles. The fourth-order valence-corrected chi connectivity index (χ4v) is 3.21. The van der Waals surface area contributed by atoms with Gasteiger partial charge in [0.05, 0.1) is 6.26 Å². The number of amides is 3. The van der Waals surface area contributed by atoms with Crippen molar-refractivity contribution in [3.63, 3.8) is 0 Å². The van der Waals surface area contributed by atoms with E-state index >= 15 is 0 Å². The fourth-order valence-electron chi connectivity index (χ4n) is 3.21. The van der Waals surface area contributed by atoms with Gasteiger partial charge in [-0.1, -0.05) is 26.0 Å². The molecule has 0 unspecified atom stereocenters. The fraction of sp³-hybridized carbons (Fsp3) is 0.381. The number of hydrogen-bond acceptors (Lipinski definition) is 4. The number of furan rings is 1. The molecule has 0 saturated carbocycles. The molecule has 2 aromatic rings. The van der Waals surface area contributed by atoms with Gasteiger partial charge in [0.2, 0.25) is 11.8 Å². The van der Waals surface area contributed by atoms with Crippen molar-refractivity contribution in [1.82, 2.24) is 10.2 Å². The third kappa shape index (κ3) is 4.79. The molecule has 28 heavy (non-hydrogen) atoms. The van der Waals surface area contributed by atoms with Crippen LogP contribution in [0.4, 0.5) is 5.69 Å². The van der Waals surface area contributed by atoms with Gasteiger partial charge in [-0.15, -0.1) is 0 Å². The number of carbonyl (C=O) groups excluding carboxylic acids is 3. The minimum absolute atomic E-state index is 0.107. The Bertz CT molecular complexity index is 845. The van der Waals surface area contributed by atoms with Gasteiger partial charge in [-0.05, 0) is 42.2 Å². The van der Waals surface area contributed by atoms with Crippen LogP contribution in [0.15, 0.2) is 47.1 Å². The van der Waals surface area contributed by atoms with Gasteiger partial charge in [-0.2, -0.15) is 0 Å². The first-order valence-electron chi connectivity index (χ1n) is 9.46. The van der Waals surface area contributed by atoms with E-state index in [1.165, 1.54) is 6.26 Å². The summed E-state index contributed by atoms with van der Waals surface area (Å²) in [5.41, 5.74) is 1.58. The molecule has 1 aliphatic rings. The van der Waals surface area contributed by atoms with Gasteiger partial charge in [0.1, 0.15) is 6.04 Å². The highest BCUT2D eigenvalue weighted by atomic mass is 16.3. The minimum Gasteiger partial charge on any atom is -0.459 e. The van der Waals surface area contributed by atoms with Crippen molar-refractivity contribution < 1.29 is 18.8 Å². The molecule has 0 spiro atoms. The Morgan fingerprint density at radius 1 is 1.21 bits per heavy atom. The number of likely N-dealkylation sites (tertiary alicyclic amines) is 1. The molecule has 1 aliphatic heterocycles. The second-order valence-corrected chi connectivity index (χ2v) is 7.28. The third-order valence-electron chi connectivity index (χ3n) is 4.72. The molecule has 0 bridgehead atoms. The zero-order valence-corrected chi connectivity index (χ0v) is 16.1. The maximum absolute atomic E-state index is 12.7. The van der Waals surface area contributed by atoms with E-state index in [-0.39, 0.29) is 23.5 Å². The van der Waals surface area contributed by atoms with Gasteiger partial charge >= 0.3 is 0 Å². The first-order chi connectivity index (χ1) is 13.4. The van der Waals surface area contributed by atoms with E-state index in [9.17, 15) is 14.4 Å². The van der Waals surface area contributed by atoms with E-state index in [1.807, 2.05) is 36.9 Å². The molecule has 148 valence electrons. The molecule has 0 radical (unpaired) electrons. The van der Waals surface area contributed by atoms with Crippen LogP contribution in [-0.4, -0.2) is 35.2 Å². The Morgan fingerprint density at radius 2 is 2.04 bits per heavy atom. The highest BCUT2D eigenvalue weighted by Gasteiger charge is 2.26. The lowest BCUT2D eigenvalue weighted by molar-refractivity contribution is -0.128. The lowest BCUT2D eigenvalue weighted by atomic mass is 10.0. The zero-order chi connectivity index (χ0) is 20.1. The van der Waals surface area contributed by atoms with E-state index < -0.39 is 11.9 Å². The normalized spacial score (nSPS) is 15.0.